The zero-order chi connectivity index (χ0) is 14.5. The van der Waals surface area contributed by atoms with Crippen LogP contribution in [0.4, 0.5) is 0 Å². The van der Waals surface area contributed by atoms with Gasteiger partial charge in [-0.05, 0) is 31.4 Å². The summed E-state index contributed by atoms with van der Waals surface area (Å²) in [6, 6.07) is 2.70. The maximum absolute atomic E-state index is 12.2. The molecule has 6 heteroatoms. The number of piperidine rings is 1. The minimum atomic E-state index is -1.17. The molecule has 6 nitrogen and oxygen atoms in total. The summed E-state index contributed by atoms with van der Waals surface area (Å²) in [6.45, 7) is 3.91. The first-order valence-corrected chi connectivity index (χ1v) is 6.85. The summed E-state index contributed by atoms with van der Waals surface area (Å²) in [7, 11) is 0. The molecule has 1 atom stereocenters. The molecule has 0 aliphatic carbocycles. The largest absolute Gasteiger partial charge is 0.475 e. The lowest BCUT2D eigenvalue weighted by atomic mass is 10.1. The maximum Gasteiger partial charge on any atom is 0.371 e. The SMILES string of the molecule is CCCOC1CCCN(C(=O)c2ccc(C(=O)O)o2)C1. The van der Waals surface area contributed by atoms with Crippen molar-refractivity contribution >= 4 is 11.9 Å². The van der Waals surface area contributed by atoms with Crippen LogP contribution in [0.15, 0.2) is 16.5 Å². The monoisotopic (exact) mass is 281 g/mol. The van der Waals surface area contributed by atoms with E-state index in [1.54, 1.807) is 4.90 Å². The van der Waals surface area contributed by atoms with E-state index >= 15 is 0 Å². The van der Waals surface area contributed by atoms with Crippen molar-refractivity contribution in [3.05, 3.63) is 23.7 Å². The lowest BCUT2D eigenvalue weighted by Gasteiger charge is -2.32. The van der Waals surface area contributed by atoms with Gasteiger partial charge in [0.1, 0.15) is 0 Å². The fourth-order valence-electron chi connectivity index (χ4n) is 2.27. The molecule has 1 saturated heterocycles. The van der Waals surface area contributed by atoms with Gasteiger partial charge in [-0.3, -0.25) is 4.79 Å². The maximum atomic E-state index is 12.2. The van der Waals surface area contributed by atoms with Crippen LogP contribution in [-0.2, 0) is 4.74 Å². The summed E-state index contributed by atoms with van der Waals surface area (Å²) < 4.78 is 10.7. The highest BCUT2D eigenvalue weighted by Crippen LogP contribution is 2.17. The van der Waals surface area contributed by atoms with Gasteiger partial charge in [0.2, 0.25) is 5.76 Å². The number of amides is 1. The van der Waals surface area contributed by atoms with Crippen molar-refractivity contribution in [3.8, 4) is 0 Å². The predicted octanol–water partition coefficient (Wildman–Crippen LogP) is 2.01. The van der Waals surface area contributed by atoms with E-state index in [1.165, 1.54) is 12.1 Å². The minimum Gasteiger partial charge on any atom is -0.475 e. The molecule has 0 aromatic carbocycles. The highest BCUT2D eigenvalue weighted by atomic mass is 16.5. The van der Waals surface area contributed by atoms with E-state index in [9.17, 15) is 9.59 Å². The van der Waals surface area contributed by atoms with Crippen LogP contribution in [0.3, 0.4) is 0 Å². The van der Waals surface area contributed by atoms with Crippen molar-refractivity contribution in [2.75, 3.05) is 19.7 Å². The zero-order valence-electron chi connectivity index (χ0n) is 11.5. The number of rotatable bonds is 5. The minimum absolute atomic E-state index is 0.0570. The first kappa shape index (κ1) is 14.6. The average Bonchev–Trinajstić information content (AvgIpc) is 2.94. The van der Waals surface area contributed by atoms with Crippen molar-refractivity contribution in [3.63, 3.8) is 0 Å². The molecule has 2 rings (SSSR count). The van der Waals surface area contributed by atoms with Crippen LogP contribution >= 0.6 is 0 Å². The number of carbonyl (C=O) groups is 2. The number of carbonyl (C=O) groups excluding carboxylic acids is 1. The van der Waals surface area contributed by atoms with Gasteiger partial charge in [-0.2, -0.15) is 0 Å². The Morgan fingerprint density at radius 1 is 1.45 bits per heavy atom. The van der Waals surface area contributed by atoms with E-state index in [0.717, 1.165) is 19.3 Å². The number of hydrogen-bond donors (Lipinski definition) is 1. The van der Waals surface area contributed by atoms with Crippen LogP contribution in [0.1, 0.15) is 47.3 Å². The Balaban J connectivity index is 1.98. The normalized spacial score (nSPS) is 19.1. The number of carboxylic acid groups (broad SMARTS) is 1. The summed E-state index contributed by atoms with van der Waals surface area (Å²) in [5, 5.41) is 8.79. The summed E-state index contributed by atoms with van der Waals surface area (Å²) in [5.41, 5.74) is 0. The standard InChI is InChI=1S/C14H19NO5/c1-2-8-19-10-4-3-7-15(9-10)13(16)11-5-6-12(20-11)14(17)18/h5-6,10H,2-4,7-9H2,1H3,(H,17,18). The van der Waals surface area contributed by atoms with Gasteiger partial charge in [-0.15, -0.1) is 0 Å². The highest BCUT2D eigenvalue weighted by Gasteiger charge is 2.27. The second kappa shape index (κ2) is 6.56. The Hall–Kier alpha value is -1.82. The third-order valence-electron chi connectivity index (χ3n) is 3.25. The Kier molecular flexibility index (Phi) is 4.79. The average molecular weight is 281 g/mol. The Labute approximate surface area is 117 Å². The second-order valence-electron chi connectivity index (χ2n) is 4.86. The van der Waals surface area contributed by atoms with Crippen LogP contribution < -0.4 is 0 Å². The molecular formula is C14H19NO5. The number of likely N-dealkylation sites (tertiary alicyclic amines) is 1. The van der Waals surface area contributed by atoms with E-state index < -0.39 is 5.97 Å². The van der Waals surface area contributed by atoms with Gasteiger partial charge in [0, 0.05) is 19.7 Å². The molecule has 1 fully saturated rings. The number of nitrogens with zero attached hydrogens (tertiary/aromatic N) is 1. The summed E-state index contributed by atoms with van der Waals surface area (Å²) >= 11 is 0. The molecule has 1 amide bonds. The van der Waals surface area contributed by atoms with Crippen molar-refractivity contribution in [2.24, 2.45) is 0 Å². The molecule has 0 saturated carbocycles. The molecule has 2 heterocycles. The molecule has 1 N–H and O–H groups in total. The van der Waals surface area contributed by atoms with Crippen molar-refractivity contribution < 1.29 is 23.8 Å². The molecule has 1 aliphatic heterocycles. The Bertz CT molecular complexity index is 482. The lowest BCUT2D eigenvalue weighted by molar-refractivity contribution is 0.00109. The molecular weight excluding hydrogens is 262 g/mol. The summed E-state index contributed by atoms with van der Waals surface area (Å²) in [5.74, 6) is -1.60. The van der Waals surface area contributed by atoms with Gasteiger partial charge in [0.15, 0.2) is 5.76 Å². The van der Waals surface area contributed by atoms with Crippen LogP contribution in [0, 0.1) is 0 Å². The second-order valence-corrected chi connectivity index (χ2v) is 4.86. The van der Waals surface area contributed by atoms with Crippen LogP contribution in [-0.4, -0.2) is 47.7 Å². The molecule has 110 valence electrons. The van der Waals surface area contributed by atoms with Gasteiger partial charge in [-0.25, -0.2) is 4.79 Å². The van der Waals surface area contributed by atoms with E-state index in [-0.39, 0.29) is 23.5 Å². The van der Waals surface area contributed by atoms with Gasteiger partial charge in [-0.1, -0.05) is 6.92 Å². The quantitative estimate of drug-likeness (QED) is 0.893. The van der Waals surface area contributed by atoms with Gasteiger partial charge in [0.05, 0.1) is 6.10 Å². The number of hydrogen-bond acceptors (Lipinski definition) is 4. The van der Waals surface area contributed by atoms with E-state index in [2.05, 4.69) is 0 Å². The van der Waals surface area contributed by atoms with Crippen molar-refractivity contribution in [1.29, 1.82) is 0 Å². The highest BCUT2D eigenvalue weighted by molar-refractivity contribution is 5.93. The Morgan fingerprint density at radius 2 is 2.20 bits per heavy atom. The fraction of sp³-hybridized carbons (Fsp3) is 0.571. The molecule has 0 spiro atoms. The van der Waals surface area contributed by atoms with Crippen molar-refractivity contribution in [1.82, 2.24) is 4.90 Å². The zero-order valence-corrected chi connectivity index (χ0v) is 11.5. The predicted molar refractivity (Wildman–Crippen MR) is 70.8 cm³/mol. The summed E-state index contributed by atoms with van der Waals surface area (Å²) in [4.78, 5) is 24.6. The van der Waals surface area contributed by atoms with E-state index in [1.807, 2.05) is 6.92 Å². The molecule has 1 aliphatic rings. The fourth-order valence-corrected chi connectivity index (χ4v) is 2.27. The lowest BCUT2D eigenvalue weighted by Crippen LogP contribution is -2.43. The van der Waals surface area contributed by atoms with Crippen LogP contribution in [0.25, 0.3) is 0 Å². The molecule has 1 unspecified atom stereocenters. The summed E-state index contributed by atoms with van der Waals surface area (Å²) in [6.07, 6.45) is 2.83. The Morgan fingerprint density at radius 3 is 2.85 bits per heavy atom. The molecule has 20 heavy (non-hydrogen) atoms. The van der Waals surface area contributed by atoms with E-state index in [0.29, 0.717) is 19.7 Å². The van der Waals surface area contributed by atoms with Crippen molar-refractivity contribution in [2.45, 2.75) is 32.3 Å². The van der Waals surface area contributed by atoms with E-state index in [4.69, 9.17) is 14.3 Å². The van der Waals surface area contributed by atoms with Gasteiger partial charge >= 0.3 is 5.97 Å². The first-order chi connectivity index (χ1) is 9.61. The smallest absolute Gasteiger partial charge is 0.371 e. The molecule has 0 bridgehead atoms. The van der Waals surface area contributed by atoms with Gasteiger partial charge in [0.25, 0.3) is 5.91 Å². The first-order valence-electron chi connectivity index (χ1n) is 6.85. The number of aromatic carboxylic acids is 1. The molecule has 1 aromatic heterocycles. The third-order valence-corrected chi connectivity index (χ3v) is 3.25. The van der Waals surface area contributed by atoms with Crippen LogP contribution in [0.5, 0.6) is 0 Å². The third kappa shape index (κ3) is 3.39. The number of furan rings is 1. The van der Waals surface area contributed by atoms with Crippen LogP contribution in [0.2, 0.25) is 0 Å². The number of carboxylic acids is 1. The number of ether oxygens (including phenoxy) is 1. The molecule has 1 aromatic rings. The molecule has 0 radical (unpaired) electrons. The topological polar surface area (TPSA) is 80.0 Å². The van der Waals surface area contributed by atoms with Gasteiger partial charge < -0.3 is 19.2 Å².